The molecule has 0 atom stereocenters. The molecule has 0 saturated carbocycles. The summed E-state index contributed by atoms with van der Waals surface area (Å²) in [6, 6.07) is 4.65. The summed E-state index contributed by atoms with van der Waals surface area (Å²) in [7, 11) is 0. The minimum Gasteiger partial charge on any atom is -0.481 e. The van der Waals surface area contributed by atoms with Gasteiger partial charge < -0.3 is 10.4 Å². The van der Waals surface area contributed by atoms with Gasteiger partial charge in [0.1, 0.15) is 10.8 Å². The second-order valence-corrected chi connectivity index (χ2v) is 3.13. The van der Waals surface area contributed by atoms with E-state index >= 15 is 0 Å². The second kappa shape index (κ2) is 5.31. The number of nitrogens with zero attached hydrogens (tertiary/aromatic N) is 1. The van der Waals surface area contributed by atoms with Crippen molar-refractivity contribution in [3.8, 4) is 0 Å². The maximum absolute atomic E-state index is 11.4. The van der Waals surface area contributed by atoms with Crippen LogP contribution in [0.15, 0.2) is 18.2 Å². The highest BCUT2D eigenvalue weighted by Gasteiger charge is 2.07. The maximum atomic E-state index is 11.4. The lowest BCUT2D eigenvalue weighted by atomic mass is 10.3. The van der Waals surface area contributed by atoms with Gasteiger partial charge in [0.25, 0.3) is 5.91 Å². The summed E-state index contributed by atoms with van der Waals surface area (Å²) in [6.07, 6.45) is -0.119. The Labute approximate surface area is 91.1 Å². The van der Waals surface area contributed by atoms with Crippen molar-refractivity contribution in [1.82, 2.24) is 10.3 Å². The van der Waals surface area contributed by atoms with E-state index in [2.05, 4.69) is 10.3 Å². The number of pyridine rings is 1. The van der Waals surface area contributed by atoms with E-state index in [-0.39, 0.29) is 23.8 Å². The van der Waals surface area contributed by atoms with Crippen LogP contribution in [0.25, 0.3) is 0 Å². The molecule has 0 radical (unpaired) electrons. The summed E-state index contributed by atoms with van der Waals surface area (Å²) < 4.78 is 0. The molecular formula is C9H9ClN2O3. The summed E-state index contributed by atoms with van der Waals surface area (Å²) in [6.45, 7) is 0.0718. The van der Waals surface area contributed by atoms with Gasteiger partial charge in [-0.1, -0.05) is 17.7 Å². The Morgan fingerprint density at radius 1 is 1.47 bits per heavy atom. The Morgan fingerprint density at radius 2 is 2.20 bits per heavy atom. The molecule has 0 aliphatic carbocycles. The molecular weight excluding hydrogens is 220 g/mol. The number of nitrogens with one attached hydrogen (secondary N) is 1. The highest BCUT2D eigenvalue weighted by atomic mass is 35.5. The molecule has 15 heavy (non-hydrogen) atoms. The van der Waals surface area contributed by atoms with Gasteiger partial charge in [-0.3, -0.25) is 9.59 Å². The van der Waals surface area contributed by atoms with Crippen LogP contribution in [-0.4, -0.2) is 28.5 Å². The number of halogens is 1. The number of hydrogen-bond acceptors (Lipinski definition) is 3. The molecule has 1 rings (SSSR count). The van der Waals surface area contributed by atoms with Crippen LogP contribution in [0.3, 0.4) is 0 Å². The molecule has 0 saturated heterocycles. The third kappa shape index (κ3) is 3.95. The number of aliphatic carboxylic acids is 1. The second-order valence-electron chi connectivity index (χ2n) is 2.75. The number of amides is 1. The smallest absolute Gasteiger partial charge is 0.305 e. The molecule has 0 aliphatic rings. The normalized spacial score (nSPS) is 9.67. The van der Waals surface area contributed by atoms with Gasteiger partial charge in [0.15, 0.2) is 0 Å². The highest BCUT2D eigenvalue weighted by Crippen LogP contribution is 2.04. The molecule has 1 aromatic heterocycles. The Bertz CT molecular complexity index is 381. The molecule has 0 spiro atoms. The first-order chi connectivity index (χ1) is 7.09. The van der Waals surface area contributed by atoms with Gasteiger partial charge in [0.2, 0.25) is 0 Å². The van der Waals surface area contributed by atoms with Gasteiger partial charge in [-0.05, 0) is 12.1 Å². The fraction of sp³-hybridized carbons (Fsp3) is 0.222. The van der Waals surface area contributed by atoms with Crippen molar-refractivity contribution in [3.63, 3.8) is 0 Å². The monoisotopic (exact) mass is 228 g/mol. The van der Waals surface area contributed by atoms with Crippen LogP contribution in [0.2, 0.25) is 5.15 Å². The van der Waals surface area contributed by atoms with Crippen LogP contribution in [-0.2, 0) is 4.79 Å². The Kier molecular flexibility index (Phi) is 4.05. The fourth-order valence-corrected chi connectivity index (χ4v) is 1.07. The van der Waals surface area contributed by atoms with Crippen molar-refractivity contribution in [2.45, 2.75) is 6.42 Å². The number of carboxylic acid groups (broad SMARTS) is 1. The summed E-state index contributed by atoms with van der Waals surface area (Å²) >= 11 is 5.59. The Morgan fingerprint density at radius 3 is 2.80 bits per heavy atom. The first kappa shape index (κ1) is 11.5. The molecule has 0 aromatic carbocycles. The van der Waals surface area contributed by atoms with Crippen LogP contribution < -0.4 is 5.32 Å². The fourth-order valence-electron chi connectivity index (χ4n) is 0.908. The largest absolute Gasteiger partial charge is 0.481 e. The third-order valence-electron chi connectivity index (χ3n) is 1.57. The zero-order chi connectivity index (χ0) is 11.3. The quantitative estimate of drug-likeness (QED) is 0.752. The van der Waals surface area contributed by atoms with Gasteiger partial charge in [-0.2, -0.15) is 0 Å². The third-order valence-corrected chi connectivity index (χ3v) is 1.78. The molecule has 0 unspecified atom stereocenters. The molecule has 1 heterocycles. The number of carbonyl (C=O) groups excluding carboxylic acids is 1. The van der Waals surface area contributed by atoms with E-state index < -0.39 is 11.9 Å². The van der Waals surface area contributed by atoms with Crippen molar-refractivity contribution < 1.29 is 14.7 Å². The average Bonchev–Trinajstić information content (AvgIpc) is 2.17. The lowest BCUT2D eigenvalue weighted by Gasteiger charge is -2.02. The minimum atomic E-state index is -0.964. The van der Waals surface area contributed by atoms with Crippen molar-refractivity contribution in [2.24, 2.45) is 0 Å². The molecule has 0 fully saturated rings. The van der Waals surface area contributed by atoms with E-state index in [1.165, 1.54) is 6.07 Å². The van der Waals surface area contributed by atoms with E-state index in [4.69, 9.17) is 16.7 Å². The van der Waals surface area contributed by atoms with Crippen LogP contribution >= 0.6 is 11.6 Å². The van der Waals surface area contributed by atoms with Crippen molar-refractivity contribution in [2.75, 3.05) is 6.54 Å². The number of rotatable bonds is 4. The molecule has 1 aromatic rings. The highest BCUT2D eigenvalue weighted by molar-refractivity contribution is 6.29. The number of carbonyl (C=O) groups is 2. The van der Waals surface area contributed by atoms with E-state index in [0.717, 1.165) is 0 Å². The van der Waals surface area contributed by atoms with Crippen molar-refractivity contribution >= 4 is 23.5 Å². The zero-order valence-corrected chi connectivity index (χ0v) is 8.49. The predicted molar refractivity (Wildman–Crippen MR) is 53.8 cm³/mol. The van der Waals surface area contributed by atoms with E-state index in [0.29, 0.717) is 0 Å². The molecule has 6 heteroatoms. The lowest BCUT2D eigenvalue weighted by Crippen LogP contribution is -2.26. The zero-order valence-electron chi connectivity index (χ0n) is 7.74. The van der Waals surface area contributed by atoms with E-state index in [9.17, 15) is 9.59 Å². The van der Waals surface area contributed by atoms with Gasteiger partial charge in [-0.15, -0.1) is 0 Å². The summed E-state index contributed by atoms with van der Waals surface area (Å²) in [5.41, 5.74) is 0.174. The first-order valence-electron chi connectivity index (χ1n) is 4.22. The molecule has 5 nitrogen and oxygen atoms in total. The van der Waals surface area contributed by atoms with Crippen LogP contribution in [0, 0.1) is 0 Å². The molecule has 0 bridgehead atoms. The summed E-state index contributed by atoms with van der Waals surface area (Å²) in [5, 5.41) is 11.0. The van der Waals surface area contributed by atoms with Crippen molar-refractivity contribution in [1.29, 1.82) is 0 Å². The topological polar surface area (TPSA) is 79.3 Å². The lowest BCUT2D eigenvalue weighted by molar-refractivity contribution is -0.136. The SMILES string of the molecule is O=C(O)CCNC(=O)c1cccc(Cl)n1. The van der Waals surface area contributed by atoms with Crippen LogP contribution in [0.4, 0.5) is 0 Å². The maximum Gasteiger partial charge on any atom is 0.305 e. The van der Waals surface area contributed by atoms with Gasteiger partial charge in [0.05, 0.1) is 6.42 Å². The standard InChI is InChI=1S/C9H9ClN2O3/c10-7-3-1-2-6(12-7)9(15)11-5-4-8(13)14/h1-3H,4-5H2,(H,11,15)(H,13,14). The predicted octanol–water partition coefficient (Wildman–Crippen LogP) is 0.940. The summed E-state index contributed by atoms with van der Waals surface area (Å²) in [5.74, 6) is -1.40. The Hall–Kier alpha value is -1.62. The molecule has 1 amide bonds. The molecule has 2 N–H and O–H groups in total. The van der Waals surface area contributed by atoms with E-state index in [1.807, 2.05) is 0 Å². The Balaban J connectivity index is 2.50. The number of aromatic nitrogens is 1. The van der Waals surface area contributed by atoms with Gasteiger partial charge >= 0.3 is 5.97 Å². The average molecular weight is 229 g/mol. The molecule has 80 valence electrons. The van der Waals surface area contributed by atoms with Gasteiger partial charge in [0, 0.05) is 6.54 Å². The number of hydrogen-bond donors (Lipinski definition) is 2. The minimum absolute atomic E-state index is 0.0718. The first-order valence-corrected chi connectivity index (χ1v) is 4.60. The number of carboxylic acids is 1. The van der Waals surface area contributed by atoms with Crippen LogP contribution in [0.5, 0.6) is 0 Å². The van der Waals surface area contributed by atoms with Gasteiger partial charge in [-0.25, -0.2) is 4.98 Å². The summed E-state index contributed by atoms with van der Waals surface area (Å²) in [4.78, 5) is 25.3. The van der Waals surface area contributed by atoms with E-state index in [1.54, 1.807) is 12.1 Å². The molecule has 0 aliphatic heterocycles. The van der Waals surface area contributed by atoms with Crippen LogP contribution in [0.1, 0.15) is 16.9 Å². The van der Waals surface area contributed by atoms with Crippen molar-refractivity contribution in [3.05, 3.63) is 29.0 Å².